The molecule has 9 heteroatoms. The van der Waals surface area contributed by atoms with Crippen LogP contribution in [-0.2, 0) is 23.3 Å². The van der Waals surface area contributed by atoms with Crippen LogP contribution in [0.4, 0.5) is 13.2 Å². The largest absolute Gasteiger partial charge is 0.467 e. The number of furan rings is 1. The number of carbonyl (C=O) groups excluding carboxylic acids is 1. The summed E-state index contributed by atoms with van der Waals surface area (Å²) in [4.78, 5) is 25.0. The molecule has 0 atom stereocenters. The van der Waals surface area contributed by atoms with Gasteiger partial charge in [0.15, 0.2) is 0 Å². The lowest BCUT2D eigenvalue weighted by atomic mass is 9.92. The maximum absolute atomic E-state index is 12.8. The average Bonchev–Trinajstić information content (AvgIpc) is 2.99. The van der Waals surface area contributed by atoms with Crippen molar-refractivity contribution in [1.29, 1.82) is 0 Å². The van der Waals surface area contributed by atoms with Gasteiger partial charge in [0.1, 0.15) is 18.8 Å². The molecule has 0 spiro atoms. The first-order valence-electron chi connectivity index (χ1n) is 7.91. The molecular formula is C17H20F3N3O3. The SMILES string of the molecule is CC(C)(C)c1ccc(=O)n(CC(=O)N(Cc2ccco2)CC(F)(F)F)n1. The summed E-state index contributed by atoms with van der Waals surface area (Å²) in [5, 5.41) is 4.11. The van der Waals surface area contributed by atoms with Crippen LogP contribution in [-0.4, -0.2) is 33.3 Å². The van der Waals surface area contributed by atoms with E-state index in [1.807, 2.05) is 20.8 Å². The highest BCUT2D eigenvalue weighted by Crippen LogP contribution is 2.20. The molecule has 26 heavy (non-hydrogen) atoms. The Labute approximate surface area is 148 Å². The number of hydrogen-bond acceptors (Lipinski definition) is 4. The summed E-state index contributed by atoms with van der Waals surface area (Å²) in [6, 6.07) is 5.78. The van der Waals surface area contributed by atoms with Gasteiger partial charge in [-0.05, 0) is 18.2 Å². The van der Waals surface area contributed by atoms with E-state index in [1.54, 1.807) is 6.07 Å². The minimum absolute atomic E-state index is 0.214. The molecule has 2 heterocycles. The van der Waals surface area contributed by atoms with Gasteiger partial charge < -0.3 is 9.32 Å². The molecule has 0 aromatic carbocycles. The van der Waals surface area contributed by atoms with Crippen LogP contribution in [0, 0.1) is 0 Å². The Morgan fingerprint density at radius 1 is 1.23 bits per heavy atom. The van der Waals surface area contributed by atoms with Crippen molar-refractivity contribution < 1.29 is 22.4 Å². The molecule has 0 saturated carbocycles. The first kappa shape index (κ1) is 19.7. The molecule has 0 N–H and O–H groups in total. The van der Waals surface area contributed by atoms with Crippen LogP contribution in [0.2, 0.25) is 0 Å². The number of rotatable bonds is 5. The van der Waals surface area contributed by atoms with E-state index >= 15 is 0 Å². The van der Waals surface area contributed by atoms with E-state index in [-0.39, 0.29) is 17.7 Å². The van der Waals surface area contributed by atoms with Crippen LogP contribution < -0.4 is 5.56 Å². The van der Waals surface area contributed by atoms with Crippen molar-refractivity contribution in [3.63, 3.8) is 0 Å². The molecule has 0 bridgehead atoms. The Morgan fingerprint density at radius 3 is 2.46 bits per heavy atom. The second-order valence-electron chi connectivity index (χ2n) is 6.91. The summed E-state index contributed by atoms with van der Waals surface area (Å²) in [7, 11) is 0. The monoisotopic (exact) mass is 371 g/mol. The van der Waals surface area contributed by atoms with E-state index in [0.717, 1.165) is 4.68 Å². The molecule has 0 radical (unpaired) electrons. The van der Waals surface area contributed by atoms with E-state index < -0.39 is 30.7 Å². The Morgan fingerprint density at radius 2 is 1.92 bits per heavy atom. The molecule has 2 rings (SSSR count). The Hall–Kier alpha value is -2.58. The van der Waals surface area contributed by atoms with Gasteiger partial charge in [-0.15, -0.1) is 0 Å². The number of halogens is 3. The smallest absolute Gasteiger partial charge is 0.406 e. The van der Waals surface area contributed by atoms with Gasteiger partial charge in [-0.1, -0.05) is 20.8 Å². The molecule has 142 valence electrons. The van der Waals surface area contributed by atoms with Crippen LogP contribution in [0.1, 0.15) is 32.2 Å². The van der Waals surface area contributed by atoms with Gasteiger partial charge in [0, 0.05) is 11.5 Å². The first-order chi connectivity index (χ1) is 12.0. The minimum Gasteiger partial charge on any atom is -0.467 e. The topological polar surface area (TPSA) is 68.3 Å². The summed E-state index contributed by atoms with van der Waals surface area (Å²) in [5.41, 5.74) is -0.382. The minimum atomic E-state index is -4.58. The fraction of sp³-hybridized carbons (Fsp3) is 0.471. The Bertz CT molecular complexity index is 805. The highest BCUT2D eigenvalue weighted by Gasteiger charge is 2.33. The summed E-state index contributed by atoms with van der Waals surface area (Å²) in [5.74, 6) is -0.661. The zero-order valence-corrected chi connectivity index (χ0v) is 14.7. The van der Waals surface area contributed by atoms with Gasteiger partial charge >= 0.3 is 6.18 Å². The molecular weight excluding hydrogens is 351 g/mol. The fourth-order valence-electron chi connectivity index (χ4n) is 2.23. The fourth-order valence-corrected chi connectivity index (χ4v) is 2.23. The normalized spacial score (nSPS) is 12.2. The maximum atomic E-state index is 12.8. The van der Waals surface area contributed by atoms with Crippen molar-refractivity contribution in [2.24, 2.45) is 0 Å². The standard InChI is InChI=1S/C17H20F3N3O3/c1-16(2,3)13-6-7-14(24)23(21-13)10-15(25)22(11-17(18,19)20)9-12-5-4-8-26-12/h4-8H,9-11H2,1-3H3. The number of aromatic nitrogens is 2. The lowest BCUT2D eigenvalue weighted by molar-refractivity contribution is -0.163. The van der Waals surface area contributed by atoms with Crippen LogP contribution >= 0.6 is 0 Å². The van der Waals surface area contributed by atoms with Crippen LogP contribution in [0.15, 0.2) is 39.7 Å². The molecule has 2 aromatic rings. The van der Waals surface area contributed by atoms with Gasteiger partial charge in [-0.2, -0.15) is 18.3 Å². The Balaban J connectivity index is 2.24. The van der Waals surface area contributed by atoms with Gasteiger partial charge in [0.25, 0.3) is 5.56 Å². The quantitative estimate of drug-likeness (QED) is 0.811. The second kappa shape index (κ2) is 7.35. The molecule has 6 nitrogen and oxygen atoms in total. The van der Waals surface area contributed by atoms with E-state index in [1.165, 1.54) is 24.5 Å². The zero-order valence-electron chi connectivity index (χ0n) is 14.7. The number of nitrogens with zero attached hydrogens (tertiary/aromatic N) is 3. The summed E-state index contributed by atoms with van der Waals surface area (Å²) in [6.45, 7) is 3.25. The van der Waals surface area contributed by atoms with E-state index in [4.69, 9.17) is 4.42 Å². The van der Waals surface area contributed by atoms with Gasteiger partial charge in [-0.3, -0.25) is 9.59 Å². The lowest BCUT2D eigenvalue weighted by Crippen LogP contribution is -2.42. The zero-order chi connectivity index (χ0) is 19.5. The third-order valence-electron chi connectivity index (χ3n) is 3.57. The first-order valence-corrected chi connectivity index (χ1v) is 7.91. The Kier molecular flexibility index (Phi) is 5.58. The molecule has 0 aliphatic heterocycles. The van der Waals surface area contributed by atoms with Crippen molar-refractivity contribution in [2.75, 3.05) is 6.54 Å². The molecule has 0 aliphatic rings. The number of amides is 1. The highest BCUT2D eigenvalue weighted by atomic mass is 19.4. The molecule has 1 amide bonds. The predicted molar refractivity (Wildman–Crippen MR) is 87.4 cm³/mol. The summed E-state index contributed by atoms with van der Waals surface area (Å²) >= 11 is 0. The van der Waals surface area contributed by atoms with Crippen LogP contribution in [0.3, 0.4) is 0 Å². The lowest BCUT2D eigenvalue weighted by Gasteiger charge is -2.24. The summed E-state index contributed by atoms with van der Waals surface area (Å²) in [6.07, 6.45) is -3.27. The second-order valence-corrected chi connectivity index (χ2v) is 6.91. The third kappa shape index (κ3) is 5.47. The number of carbonyl (C=O) groups is 1. The highest BCUT2D eigenvalue weighted by molar-refractivity contribution is 5.75. The van der Waals surface area contributed by atoms with E-state index in [0.29, 0.717) is 10.6 Å². The summed E-state index contributed by atoms with van der Waals surface area (Å²) < 4.78 is 44.4. The van der Waals surface area contributed by atoms with Crippen molar-refractivity contribution in [3.05, 3.63) is 52.3 Å². The average molecular weight is 371 g/mol. The van der Waals surface area contributed by atoms with Crippen molar-refractivity contribution >= 4 is 5.91 Å². The van der Waals surface area contributed by atoms with Crippen molar-refractivity contribution in [2.45, 2.75) is 45.5 Å². The van der Waals surface area contributed by atoms with Gasteiger partial charge in [0.2, 0.25) is 5.91 Å². The van der Waals surface area contributed by atoms with Crippen molar-refractivity contribution in [3.8, 4) is 0 Å². The predicted octanol–water partition coefficient (Wildman–Crippen LogP) is 2.72. The molecule has 0 saturated heterocycles. The van der Waals surface area contributed by atoms with Crippen LogP contribution in [0.25, 0.3) is 0 Å². The number of alkyl halides is 3. The molecule has 0 aliphatic carbocycles. The van der Waals surface area contributed by atoms with Gasteiger partial charge in [-0.25, -0.2) is 4.68 Å². The molecule has 2 aromatic heterocycles. The number of hydrogen-bond donors (Lipinski definition) is 0. The van der Waals surface area contributed by atoms with E-state index in [2.05, 4.69) is 5.10 Å². The third-order valence-corrected chi connectivity index (χ3v) is 3.57. The molecule has 0 unspecified atom stereocenters. The van der Waals surface area contributed by atoms with Crippen molar-refractivity contribution in [1.82, 2.24) is 14.7 Å². The molecule has 0 fully saturated rings. The maximum Gasteiger partial charge on any atom is 0.406 e. The van der Waals surface area contributed by atoms with E-state index in [9.17, 15) is 22.8 Å². The van der Waals surface area contributed by atoms with Crippen LogP contribution in [0.5, 0.6) is 0 Å². The van der Waals surface area contributed by atoms with Gasteiger partial charge in [0.05, 0.1) is 18.5 Å².